The minimum atomic E-state index is 0.0215. The fourth-order valence-electron chi connectivity index (χ4n) is 1.14. The van der Waals surface area contributed by atoms with Crippen molar-refractivity contribution in [2.24, 2.45) is 0 Å². The predicted octanol–water partition coefficient (Wildman–Crippen LogP) is 1.68. The Labute approximate surface area is 94.8 Å². The maximum atomic E-state index is 11.4. The molecule has 15 heavy (non-hydrogen) atoms. The van der Waals surface area contributed by atoms with Crippen LogP contribution in [0.25, 0.3) is 0 Å². The molecule has 82 valence electrons. The second-order valence-electron chi connectivity index (χ2n) is 3.48. The first-order valence-electron chi connectivity index (χ1n) is 4.75. The highest BCUT2D eigenvalue weighted by Crippen LogP contribution is 2.21. The number of hydrogen-bond donors (Lipinski definition) is 1. The lowest BCUT2D eigenvalue weighted by Gasteiger charge is -2.11. The molecule has 1 aromatic carbocycles. The van der Waals surface area contributed by atoms with Crippen LogP contribution < -0.4 is 5.43 Å². The smallest absolute Gasteiger partial charge is 0.244 e. The minimum Gasteiger partial charge on any atom is -0.289 e. The van der Waals surface area contributed by atoms with Crippen LogP contribution in [0.3, 0.4) is 0 Å². The molecule has 4 heteroatoms. The van der Waals surface area contributed by atoms with Gasteiger partial charge in [-0.3, -0.25) is 10.2 Å². The Hall–Kier alpha value is -1.00. The summed E-state index contributed by atoms with van der Waals surface area (Å²) in [6, 6.07) is 8.06. The van der Waals surface area contributed by atoms with Gasteiger partial charge in [-0.05, 0) is 18.6 Å². The molecule has 0 aliphatic rings. The fourth-order valence-corrected chi connectivity index (χ4v) is 1.96. The van der Waals surface area contributed by atoms with E-state index < -0.39 is 0 Å². The molecule has 0 saturated heterocycles. The number of thioether (sulfide) groups is 1. The van der Waals surface area contributed by atoms with Crippen molar-refractivity contribution in [1.82, 2.24) is 10.4 Å². The van der Waals surface area contributed by atoms with E-state index in [4.69, 9.17) is 0 Å². The van der Waals surface area contributed by atoms with E-state index in [1.807, 2.05) is 31.2 Å². The number of carbonyl (C=O) groups is 1. The van der Waals surface area contributed by atoms with Crippen molar-refractivity contribution in [3.63, 3.8) is 0 Å². The zero-order valence-corrected chi connectivity index (χ0v) is 10.1. The second kappa shape index (κ2) is 5.78. The molecule has 3 nitrogen and oxygen atoms in total. The highest BCUT2D eigenvalue weighted by Gasteiger charge is 2.04. The largest absolute Gasteiger partial charge is 0.289 e. The van der Waals surface area contributed by atoms with Crippen LogP contribution in [0.4, 0.5) is 0 Å². The molecule has 0 unspecified atom stereocenters. The number of nitrogens with zero attached hydrogens (tertiary/aromatic N) is 1. The molecule has 0 aliphatic carbocycles. The average molecular weight is 224 g/mol. The van der Waals surface area contributed by atoms with E-state index in [9.17, 15) is 4.79 Å². The summed E-state index contributed by atoms with van der Waals surface area (Å²) in [4.78, 5) is 12.5. The van der Waals surface area contributed by atoms with Gasteiger partial charge in [0.05, 0.1) is 5.75 Å². The molecule has 0 radical (unpaired) electrons. The quantitative estimate of drug-likeness (QED) is 0.624. The first kappa shape index (κ1) is 12.1. The Morgan fingerprint density at radius 1 is 1.40 bits per heavy atom. The summed E-state index contributed by atoms with van der Waals surface area (Å²) in [5.41, 5.74) is 3.91. The lowest BCUT2D eigenvalue weighted by molar-refractivity contribution is -0.122. The number of benzene rings is 1. The molecule has 0 heterocycles. The third-order valence-corrected chi connectivity index (χ3v) is 2.98. The van der Waals surface area contributed by atoms with Crippen LogP contribution >= 0.6 is 11.8 Å². The van der Waals surface area contributed by atoms with Crippen molar-refractivity contribution in [1.29, 1.82) is 0 Å². The van der Waals surface area contributed by atoms with Crippen LogP contribution in [-0.4, -0.2) is 30.8 Å². The van der Waals surface area contributed by atoms with E-state index in [2.05, 4.69) is 5.43 Å². The van der Waals surface area contributed by atoms with Gasteiger partial charge in [0.25, 0.3) is 0 Å². The molecule has 1 N–H and O–H groups in total. The van der Waals surface area contributed by atoms with Gasteiger partial charge >= 0.3 is 0 Å². The zero-order chi connectivity index (χ0) is 11.3. The highest BCUT2D eigenvalue weighted by atomic mass is 32.2. The summed E-state index contributed by atoms with van der Waals surface area (Å²) in [6.45, 7) is 2.05. The molecule has 0 bridgehead atoms. The van der Waals surface area contributed by atoms with Gasteiger partial charge in [0.2, 0.25) is 5.91 Å². The van der Waals surface area contributed by atoms with Crippen molar-refractivity contribution in [2.45, 2.75) is 11.8 Å². The standard InChI is InChI=1S/C11H16N2OS/c1-9-6-4-5-7-10(9)15-8-11(14)12-13(2)3/h4-7H,8H2,1-3H3,(H,12,14). The number of nitrogens with one attached hydrogen (secondary N) is 1. The third kappa shape index (κ3) is 4.36. The first-order chi connectivity index (χ1) is 7.09. The van der Waals surface area contributed by atoms with Gasteiger partial charge in [-0.25, -0.2) is 5.01 Å². The molecular formula is C11H16N2OS. The third-order valence-electron chi connectivity index (χ3n) is 1.80. The van der Waals surface area contributed by atoms with Crippen LogP contribution in [0.15, 0.2) is 29.2 Å². The van der Waals surface area contributed by atoms with Gasteiger partial charge in [-0.1, -0.05) is 18.2 Å². The van der Waals surface area contributed by atoms with Gasteiger partial charge < -0.3 is 0 Å². The molecule has 1 rings (SSSR count). The number of rotatable bonds is 4. The molecular weight excluding hydrogens is 208 g/mol. The summed E-state index contributed by atoms with van der Waals surface area (Å²) in [5, 5.41) is 1.65. The minimum absolute atomic E-state index is 0.0215. The Morgan fingerprint density at radius 2 is 2.07 bits per heavy atom. The van der Waals surface area contributed by atoms with E-state index in [0.717, 1.165) is 4.90 Å². The van der Waals surface area contributed by atoms with E-state index in [1.54, 1.807) is 30.9 Å². The molecule has 1 aromatic rings. The first-order valence-corrected chi connectivity index (χ1v) is 5.73. The topological polar surface area (TPSA) is 32.3 Å². The monoisotopic (exact) mass is 224 g/mol. The number of aryl methyl sites for hydroxylation is 1. The van der Waals surface area contributed by atoms with Crippen molar-refractivity contribution in [3.05, 3.63) is 29.8 Å². The molecule has 0 aliphatic heterocycles. The Bertz CT molecular complexity index is 339. The number of hydrogen-bond acceptors (Lipinski definition) is 3. The summed E-state index contributed by atoms with van der Waals surface area (Å²) in [5.74, 6) is 0.469. The number of amides is 1. The summed E-state index contributed by atoms with van der Waals surface area (Å²) >= 11 is 1.56. The fraction of sp³-hybridized carbons (Fsp3) is 0.364. The van der Waals surface area contributed by atoms with Gasteiger partial charge in [-0.2, -0.15) is 0 Å². The van der Waals surface area contributed by atoms with Crippen molar-refractivity contribution in [3.8, 4) is 0 Å². The van der Waals surface area contributed by atoms with Crippen LogP contribution in [0.5, 0.6) is 0 Å². The molecule has 0 atom stereocenters. The summed E-state index contributed by atoms with van der Waals surface area (Å²) in [6.07, 6.45) is 0. The molecule has 0 spiro atoms. The van der Waals surface area contributed by atoms with E-state index in [-0.39, 0.29) is 5.91 Å². The summed E-state index contributed by atoms with van der Waals surface area (Å²) < 4.78 is 0. The van der Waals surface area contributed by atoms with Gasteiger partial charge in [0.15, 0.2) is 0 Å². The lowest BCUT2D eigenvalue weighted by atomic mass is 10.2. The Morgan fingerprint density at radius 3 is 2.67 bits per heavy atom. The predicted molar refractivity (Wildman–Crippen MR) is 63.7 cm³/mol. The van der Waals surface area contributed by atoms with Gasteiger partial charge in [-0.15, -0.1) is 11.8 Å². The molecule has 0 fully saturated rings. The maximum Gasteiger partial charge on any atom is 0.244 e. The van der Waals surface area contributed by atoms with E-state index in [0.29, 0.717) is 5.75 Å². The lowest BCUT2D eigenvalue weighted by Crippen LogP contribution is -2.37. The molecule has 1 amide bonds. The number of hydrazine groups is 1. The van der Waals surface area contributed by atoms with Crippen LogP contribution in [0, 0.1) is 6.92 Å². The Kier molecular flexibility index (Phi) is 4.65. The van der Waals surface area contributed by atoms with Crippen molar-refractivity contribution < 1.29 is 4.79 Å². The van der Waals surface area contributed by atoms with Crippen LogP contribution in [0.1, 0.15) is 5.56 Å². The molecule has 0 saturated carbocycles. The SMILES string of the molecule is Cc1ccccc1SCC(=O)NN(C)C. The highest BCUT2D eigenvalue weighted by molar-refractivity contribution is 8.00. The van der Waals surface area contributed by atoms with Gasteiger partial charge in [0.1, 0.15) is 0 Å². The van der Waals surface area contributed by atoms with E-state index >= 15 is 0 Å². The van der Waals surface area contributed by atoms with Crippen LogP contribution in [-0.2, 0) is 4.79 Å². The van der Waals surface area contributed by atoms with Gasteiger partial charge in [0, 0.05) is 19.0 Å². The maximum absolute atomic E-state index is 11.4. The van der Waals surface area contributed by atoms with Crippen molar-refractivity contribution >= 4 is 17.7 Å². The van der Waals surface area contributed by atoms with Crippen LogP contribution in [0.2, 0.25) is 0 Å². The van der Waals surface area contributed by atoms with E-state index in [1.165, 1.54) is 5.56 Å². The second-order valence-corrected chi connectivity index (χ2v) is 4.50. The average Bonchev–Trinajstić information content (AvgIpc) is 2.15. The summed E-state index contributed by atoms with van der Waals surface area (Å²) in [7, 11) is 3.60. The Balaban J connectivity index is 2.44. The van der Waals surface area contributed by atoms with Crippen molar-refractivity contribution in [2.75, 3.05) is 19.8 Å². The number of carbonyl (C=O) groups excluding carboxylic acids is 1. The zero-order valence-electron chi connectivity index (χ0n) is 9.28. The normalized spacial score (nSPS) is 10.4. The molecule has 0 aromatic heterocycles.